The molecule has 0 N–H and O–H groups in total. The first-order chi connectivity index (χ1) is 12.8. The van der Waals surface area contributed by atoms with Gasteiger partial charge in [-0.15, -0.1) is 0 Å². The van der Waals surface area contributed by atoms with Gasteiger partial charge in [0.05, 0.1) is 6.42 Å². The molecule has 0 aliphatic rings. The summed E-state index contributed by atoms with van der Waals surface area (Å²) >= 11 is 0. The Morgan fingerprint density at radius 2 is 1.31 bits per heavy atom. The van der Waals surface area contributed by atoms with Gasteiger partial charge in [0.2, 0.25) is 0 Å². The molecular weight excluding hydrogens is 324 g/mol. The van der Waals surface area contributed by atoms with E-state index in [1.54, 1.807) is 0 Å². The van der Waals surface area contributed by atoms with Crippen LogP contribution in [0.2, 0.25) is 0 Å². The Bertz CT molecular complexity index is 783. The zero-order valence-electron chi connectivity index (χ0n) is 15.2. The molecule has 0 radical (unpaired) electrons. The topological polar surface area (TPSA) is 35.5 Å². The van der Waals surface area contributed by atoms with Crippen LogP contribution in [0.4, 0.5) is 0 Å². The van der Waals surface area contributed by atoms with Crippen molar-refractivity contribution in [2.24, 2.45) is 0 Å². The van der Waals surface area contributed by atoms with Gasteiger partial charge in [0.15, 0.2) is 0 Å². The van der Waals surface area contributed by atoms with Crippen LogP contribution in [0.1, 0.15) is 25.0 Å². The van der Waals surface area contributed by atoms with Crippen molar-refractivity contribution in [3.63, 3.8) is 0 Å². The van der Waals surface area contributed by atoms with Gasteiger partial charge in [-0.3, -0.25) is 4.79 Å². The van der Waals surface area contributed by atoms with E-state index in [9.17, 15) is 4.79 Å². The lowest BCUT2D eigenvalue weighted by atomic mass is 10.1. The highest BCUT2D eigenvalue weighted by Crippen LogP contribution is 2.22. The zero-order chi connectivity index (χ0) is 18.6. The summed E-state index contributed by atoms with van der Waals surface area (Å²) in [5, 5.41) is 0. The summed E-state index contributed by atoms with van der Waals surface area (Å²) in [6.45, 7) is 4.23. The number of esters is 1. The van der Waals surface area contributed by atoms with E-state index < -0.39 is 0 Å². The molecule has 26 heavy (non-hydrogen) atoms. The van der Waals surface area contributed by atoms with Crippen molar-refractivity contribution in [2.45, 2.75) is 26.9 Å². The molecule has 3 aromatic carbocycles. The molecule has 0 amide bonds. The van der Waals surface area contributed by atoms with Crippen molar-refractivity contribution in [3.05, 3.63) is 96.1 Å². The first-order valence-electron chi connectivity index (χ1n) is 8.81. The van der Waals surface area contributed by atoms with Gasteiger partial charge in [-0.05, 0) is 35.4 Å². The maximum absolute atomic E-state index is 11.9. The van der Waals surface area contributed by atoms with Gasteiger partial charge in [-0.25, -0.2) is 0 Å². The lowest BCUT2D eigenvalue weighted by Gasteiger charge is -2.08. The van der Waals surface area contributed by atoms with Crippen molar-refractivity contribution < 1.29 is 14.3 Å². The van der Waals surface area contributed by atoms with Gasteiger partial charge in [0, 0.05) is 0 Å². The summed E-state index contributed by atoms with van der Waals surface area (Å²) in [7, 11) is 0. The van der Waals surface area contributed by atoms with Crippen LogP contribution in [-0.4, -0.2) is 5.97 Å². The second-order valence-corrected chi connectivity index (χ2v) is 5.39. The third kappa shape index (κ3) is 6.44. The standard InChI is InChI=1S/C21H18O3.C2H6/c22-21(15-17-8-3-1-4-9-17)23-16-18-10-7-13-20(14-18)24-19-11-5-2-6-12-19;1-2/h1-14H,15-16H2;1-2H3. The van der Waals surface area contributed by atoms with Crippen LogP contribution in [0.5, 0.6) is 11.5 Å². The van der Waals surface area contributed by atoms with Crippen LogP contribution in [-0.2, 0) is 22.6 Å². The van der Waals surface area contributed by atoms with Gasteiger partial charge in [-0.2, -0.15) is 0 Å². The maximum atomic E-state index is 11.9. The number of benzene rings is 3. The summed E-state index contributed by atoms with van der Waals surface area (Å²) in [5.41, 5.74) is 1.84. The molecule has 0 saturated heterocycles. The molecule has 0 fully saturated rings. The smallest absolute Gasteiger partial charge is 0.310 e. The van der Waals surface area contributed by atoms with Crippen molar-refractivity contribution in [1.82, 2.24) is 0 Å². The average molecular weight is 348 g/mol. The quantitative estimate of drug-likeness (QED) is 0.529. The molecule has 0 aliphatic carbocycles. The Morgan fingerprint density at radius 3 is 2.00 bits per heavy atom. The Kier molecular flexibility index (Phi) is 7.94. The zero-order valence-corrected chi connectivity index (χ0v) is 15.2. The van der Waals surface area contributed by atoms with Crippen LogP contribution < -0.4 is 4.74 Å². The first kappa shape index (κ1) is 19.3. The van der Waals surface area contributed by atoms with E-state index in [1.807, 2.05) is 98.8 Å². The Morgan fingerprint density at radius 1 is 0.731 bits per heavy atom. The third-order valence-electron chi connectivity index (χ3n) is 3.47. The molecule has 0 saturated carbocycles. The van der Waals surface area contributed by atoms with Crippen LogP contribution >= 0.6 is 0 Å². The minimum Gasteiger partial charge on any atom is -0.461 e. The molecule has 3 rings (SSSR count). The number of hydrogen-bond donors (Lipinski definition) is 0. The number of ether oxygens (including phenoxy) is 2. The molecular formula is C23H24O3. The number of carbonyl (C=O) groups is 1. The molecule has 134 valence electrons. The fourth-order valence-electron chi connectivity index (χ4n) is 2.30. The Balaban J connectivity index is 0.00000117. The minimum absolute atomic E-state index is 0.234. The van der Waals surface area contributed by atoms with E-state index in [1.165, 1.54) is 0 Å². The van der Waals surface area contributed by atoms with E-state index in [2.05, 4.69) is 0 Å². The largest absolute Gasteiger partial charge is 0.461 e. The van der Waals surface area contributed by atoms with Crippen molar-refractivity contribution in [1.29, 1.82) is 0 Å². The lowest BCUT2D eigenvalue weighted by molar-refractivity contribution is -0.144. The lowest BCUT2D eigenvalue weighted by Crippen LogP contribution is -2.07. The molecule has 0 unspecified atom stereocenters. The number of carbonyl (C=O) groups excluding carboxylic acids is 1. The Hall–Kier alpha value is -3.07. The highest BCUT2D eigenvalue weighted by atomic mass is 16.5. The van der Waals surface area contributed by atoms with E-state index >= 15 is 0 Å². The Labute approximate surface area is 155 Å². The molecule has 3 nitrogen and oxygen atoms in total. The second kappa shape index (κ2) is 10.7. The number of para-hydroxylation sites is 1. The number of hydrogen-bond acceptors (Lipinski definition) is 3. The van der Waals surface area contributed by atoms with Crippen molar-refractivity contribution in [3.8, 4) is 11.5 Å². The number of rotatable bonds is 6. The van der Waals surface area contributed by atoms with Gasteiger partial charge >= 0.3 is 5.97 Å². The highest BCUT2D eigenvalue weighted by molar-refractivity contribution is 5.72. The highest BCUT2D eigenvalue weighted by Gasteiger charge is 2.06. The van der Waals surface area contributed by atoms with Crippen molar-refractivity contribution in [2.75, 3.05) is 0 Å². The third-order valence-corrected chi connectivity index (χ3v) is 3.47. The van der Waals surface area contributed by atoms with E-state index in [0.717, 1.165) is 22.6 Å². The summed E-state index contributed by atoms with van der Waals surface area (Å²) in [4.78, 5) is 11.9. The molecule has 0 bridgehead atoms. The predicted molar refractivity (Wildman–Crippen MR) is 104 cm³/mol. The molecule has 0 aliphatic heterocycles. The summed E-state index contributed by atoms with van der Waals surface area (Å²) in [6.07, 6.45) is 0.279. The molecule has 3 aromatic rings. The molecule has 3 heteroatoms. The predicted octanol–water partition coefficient (Wildman–Crippen LogP) is 5.79. The van der Waals surface area contributed by atoms with Crippen LogP contribution in [0, 0.1) is 0 Å². The van der Waals surface area contributed by atoms with Gasteiger partial charge in [-0.1, -0.05) is 74.5 Å². The molecule has 0 atom stereocenters. The fourth-order valence-corrected chi connectivity index (χ4v) is 2.30. The maximum Gasteiger partial charge on any atom is 0.310 e. The van der Waals surface area contributed by atoms with E-state index in [4.69, 9.17) is 9.47 Å². The molecule has 0 heterocycles. The SMILES string of the molecule is CC.O=C(Cc1ccccc1)OCc1cccc(Oc2ccccc2)c1. The minimum atomic E-state index is -0.240. The van der Waals surface area contributed by atoms with Crippen molar-refractivity contribution >= 4 is 5.97 Å². The van der Waals surface area contributed by atoms with Crippen LogP contribution in [0.25, 0.3) is 0 Å². The van der Waals surface area contributed by atoms with Gasteiger partial charge in [0.25, 0.3) is 0 Å². The van der Waals surface area contributed by atoms with Crippen LogP contribution in [0.15, 0.2) is 84.9 Å². The normalized spacial score (nSPS) is 9.62. The van der Waals surface area contributed by atoms with Gasteiger partial charge < -0.3 is 9.47 Å². The molecule has 0 aromatic heterocycles. The average Bonchev–Trinajstić information content (AvgIpc) is 2.70. The molecule has 0 spiro atoms. The van der Waals surface area contributed by atoms with Crippen LogP contribution in [0.3, 0.4) is 0 Å². The summed E-state index contributed by atoms with van der Waals surface area (Å²) in [6, 6.07) is 26.7. The van der Waals surface area contributed by atoms with E-state index in [0.29, 0.717) is 0 Å². The monoisotopic (exact) mass is 348 g/mol. The summed E-state index contributed by atoms with van der Waals surface area (Å²) in [5.74, 6) is 1.25. The van der Waals surface area contributed by atoms with Gasteiger partial charge in [0.1, 0.15) is 18.1 Å². The van der Waals surface area contributed by atoms with E-state index in [-0.39, 0.29) is 19.0 Å². The second-order valence-electron chi connectivity index (χ2n) is 5.39. The fraction of sp³-hybridized carbons (Fsp3) is 0.174. The first-order valence-corrected chi connectivity index (χ1v) is 8.81. The summed E-state index contributed by atoms with van der Waals surface area (Å²) < 4.78 is 11.1.